The normalized spacial score (nSPS) is 26.7. The van der Waals surface area contributed by atoms with Gasteiger partial charge in [-0.15, -0.1) is 0 Å². The summed E-state index contributed by atoms with van der Waals surface area (Å²) in [5.74, 6) is -1.05. The summed E-state index contributed by atoms with van der Waals surface area (Å²) < 4.78 is 9.61. The summed E-state index contributed by atoms with van der Waals surface area (Å²) in [4.78, 5) is 21.9. The fourth-order valence-electron chi connectivity index (χ4n) is 1.20. The lowest BCUT2D eigenvalue weighted by Crippen LogP contribution is -2.27. The number of ether oxygens (including phenoxy) is 2. The molecule has 1 saturated heterocycles. The van der Waals surface area contributed by atoms with Crippen LogP contribution in [0.4, 0.5) is 0 Å². The van der Waals surface area contributed by atoms with Gasteiger partial charge < -0.3 is 9.47 Å². The molecule has 2 unspecified atom stereocenters. The Kier molecular flexibility index (Phi) is 3.06. The third-order valence-corrected chi connectivity index (χ3v) is 2.03. The van der Waals surface area contributed by atoms with Crippen molar-refractivity contribution in [3.05, 3.63) is 12.7 Å². The van der Waals surface area contributed by atoms with E-state index in [0.717, 1.165) is 12.5 Å². The molecule has 2 atom stereocenters. The number of cyclic esters (lactones) is 1. The van der Waals surface area contributed by atoms with Crippen LogP contribution in [-0.2, 0) is 19.1 Å². The second-order valence-corrected chi connectivity index (χ2v) is 2.86. The maximum atomic E-state index is 11.1. The van der Waals surface area contributed by atoms with Gasteiger partial charge in [0, 0.05) is 12.0 Å². The van der Waals surface area contributed by atoms with E-state index in [1.54, 1.807) is 0 Å². The highest BCUT2D eigenvalue weighted by molar-refractivity contribution is 5.86. The quantitative estimate of drug-likeness (QED) is 0.477. The highest BCUT2D eigenvalue weighted by Gasteiger charge is 2.38. The summed E-state index contributed by atoms with van der Waals surface area (Å²) in [7, 11) is 0. The van der Waals surface area contributed by atoms with Crippen LogP contribution in [0.5, 0.6) is 0 Å². The number of hydrogen-bond acceptors (Lipinski definition) is 4. The van der Waals surface area contributed by atoms with E-state index in [4.69, 9.17) is 9.47 Å². The Bertz CT molecular complexity index is 234. The standard InChI is InChI=1S/C9H12O4/c1-3-6-5-12-9(11)8(6)13-7(10)4-2/h4,6,8H,2-3,5H2,1H3. The van der Waals surface area contributed by atoms with Gasteiger partial charge in [0.25, 0.3) is 0 Å². The Balaban J connectivity index is 2.59. The van der Waals surface area contributed by atoms with E-state index >= 15 is 0 Å². The van der Waals surface area contributed by atoms with Crippen molar-refractivity contribution in [1.82, 2.24) is 0 Å². The lowest BCUT2D eigenvalue weighted by Gasteiger charge is -2.12. The molecule has 1 fully saturated rings. The topological polar surface area (TPSA) is 52.6 Å². The molecule has 72 valence electrons. The van der Waals surface area contributed by atoms with Crippen molar-refractivity contribution in [2.45, 2.75) is 19.4 Å². The predicted molar refractivity (Wildman–Crippen MR) is 44.8 cm³/mol. The van der Waals surface area contributed by atoms with Crippen molar-refractivity contribution in [2.75, 3.05) is 6.61 Å². The van der Waals surface area contributed by atoms with Gasteiger partial charge in [0.1, 0.15) is 0 Å². The van der Waals surface area contributed by atoms with Gasteiger partial charge in [0.05, 0.1) is 6.61 Å². The third kappa shape index (κ3) is 2.08. The molecule has 1 rings (SSSR count). The fraction of sp³-hybridized carbons (Fsp3) is 0.556. The molecule has 0 aromatic heterocycles. The third-order valence-electron chi connectivity index (χ3n) is 2.03. The monoisotopic (exact) mass is 184 g/mol. The van der Waals surface area contributed by atoms with E-state index in [-0.39, 0.29) is 5.92 Å². The Morgan fingerprint density at radius 3 is 3.08 bits per heavy atom. The van der Waals surface area contributed by atoms with Crippen LogP contribution in [0.25, 0.3) is 0 Å². The lowest BCUT2D eigenvalue weighted by atomic mass is 10.0. The van der Waals surface area contributed by atoms with Crippen LogP contribution in [0.15, 0.2) is 12.7 Å². The first-order chi connectivity index (χ1) is 6.19. The molecule has 0 radical (unpaired) electrons. The van der Waals surface area contributed by atoms with Gasteiger partial charge in [0.15, 0.2) is 0 Å². The van der Waals surface area contributed by atoms with E-state index in [0.29, 0.717) is 6.61 Å². The first kappa shape index (κ1) is 9.77. The molecule has 4 heteroatoms. The van der Waals surface area contributed by atoms with Gasteiger partial charge in [-0.2, -0.15) is 0 Å². The number of hydrogen-bond donors (Lipinski definition) is 0. The van der Waals surface area contributed by atoms with Crippen LogP contribution in [0.2, 0.25) is 0 Å². The van der Waals surface area contributed by atoms with Gasteiger partial charge in [0.2, 0.25) is 6.10 Å². The van der Waals surface area contributed by atoms with Crippen molar-refractivity contribution in [3.63, 3.8) is 0 Å². The van der Waals surface area contributed by atoms with E-state index in [2.05, 4.69) is 6.58 Å². The zero-order chi connectivity index (χ0) is 9.84. The minimum Gasteiger partial charge on any atom is -0.462 e. The van der Waals surface area contributed by atoms with Gasteiger partial charge in [-0.3, -0.25) is 0 Å². The summed E-state index contributed by atoms with van der Waals surface area (Å²) in [6.07, 6.45) is 1.05. The molecule has 0 N–H and O–H groups in total. The van der Waals surface area contributed by atoms with Crippen molar-refractivity contribution < 1.29 is 19.1 Å². The number of carbonyl (C=O) groups excluding carboxylic acids is 2. The molecular formula is C9H12O4. The van der Waals surface area contributed by atoms with E-state index < -0.39 is 18.0 Å². The first-order valence-corrected chi connectivity index (χ1v) is 4.18. The second-order valence-electron chi connectivity index (χ2n) is 2.86. The average Bonchev–Trinajstić information content (AvgIpc) is 2.48. The van der Waals surface area contributed by atoms with Gasteiger partial charge >= 0.3 is 11.9 Å². The zero-order valence-electron chi connectivity index (χ0n) is 7.49. The summed E-state index contributed by atoms with van der Waals surface area (Å²) in [5.41, 5.74) is 0. The summed E-state index contributed by atoms with van der Waals surface area (Å²) in [6, 6.07) is 0. The largest absolute Gasteiger partial charge is 0.462 e. The molecule has 1 aliphatic rings. The molecule has 0 spiro atoms. The fourth-order valence-corrected chi connectivity index (χ4v) is 1.20. The first-order valence-electron chi connectivity index (χ1n) is 4.18. The number of esters is 2. The molecule has 0 aromatic carbocycles. The Labute approximate surface area is 76.5 Å². The lowest BCUT2D eigenvalue weighted by molar-refractivity contribution is -0.157. The Hall–Kier alpha value is -1.32. The van der Waals surface area contributed by atoms with Crippen LogP contribution in [0.3, 0.4) is 0 Å². The van der Waals surface area contributed by atoms with Crippen molar-refractivity contribution in [2.24, 2.45) is 5.92 Å². The Morgan fingerprint density at radius 1 is 1.85 bits per heavy atom. The summed E-state index contributed by atoms with van der Waals surface area (Å²) >= 11 is 0. The maximum Gasteiger partial charge on any atom is 0.347 e. The van der Waals surface area contributed by atoms with Gasteiger partial charge in [-0.25, -0.2) is 9.59 Å². The Morgan fingerprint density at radius 2 is 2.54 bits per heavy atom. The van der Waals surface area contributed by atoms with E-state index in [1.165, 1.54) is 0 Å². The molecule has 13 heavy (non-hydrogen) atoms. The number of carbonyl (C=O) groups is 2. The molecule has 0 bridgehead atoms. The summed E-state index contributed by atoms with van der Waals surface area (Å²) in [6.45, 7) is 5.51. The molecule has 0 aromatic rings. The molecule has 0 saturated carbocycles. The molecule has 1 heterocycles. The molecule has 1 aliphatic heterocycles. The summed E-state index contributed by atoms with van der Waals surface area (Å²) in [5, 5.41) is 0. The molecule has 4 nitrogen and oxygen atoms in total. The van der Waals surface area contributed by atoms with Crippen LogP contribution < -0.4 is 0 Å². The van der Waals surface area contributed by atoms with Crippen LogP contribution in [0.1, 0.15) is 13.3 Å². The average molecular weight is 184 g/mol. The SMILES string of the molecule is C=CC(=O)OC1C(=O)OCC1CC. The zero-order valence-corrected chi connectivity index (χ0v) is 7.49. The highest BCUT2D eigenvalue weighted by Crippen LogP contribution is 2.21. The number of rotatable bonds is 3. The maximum absolute atomic E-state index is 11.1. The van der Waals surface area contributed by atoms with Crippen molar-refractivity contribution in [3.8, 4) is 0 Å². The van der Waals surface area contributed by atoms with Crippen molar-refractivity contribution in [1.29, 1.82) is 0 Å². The smallest absolute Gasteiger partial charge is 0.347 e. The predicted octanol–water partition coefficient (Wildman–Crippen LogP) is 0.667. The molecule has 0 amide bonds. The van der Waals surface area contributed by atoms with E-state index in [1.807, 2.05) is 6.92 Å². The highest BCUT2D eigenvalue weighted by atomic mass is 16.6. The minimum atomic E-state index is -0.740. The van der Waals surface area contributed by atoms with Crippen LogP contribution >= 0.6 is 0 Å². The second kappa shape index (κ2) is 4.07. The van der Waals surface area contributed by atoms with Crippen molar-refractivity contribution >= 4 is 11.9 Å². The molecule has 0 aliphatic carbocycles. The molecular weight excluding hydrogens is 172 g/mol. The van der Waals surface area contributed by atoms with Crippen LogP contribution in [-0.4, -0.2) is 24.6 Å². The minimum absolute atomic E-state index is 0.0172. The van der Waals surface area contributed by atoms with E-state index in [9.17, 15) is 9.59 Å². The van der Waals surface area contributed by atoms with Gasteiger partial charge in [-0.1, -0.05) is 13.5 Å². The van der Waals surface area contributed by atoms with Crippen LogP contribution in [0, 0.1) is 5.92 Å². The van der Waals surface area contributed by atoms with Gasteiger partial charge in [-0.05, 0) is 6.42 Å².